The molecular weight excluding hydrogens is 663 g/mol. The average Bonchev–Trinajstić information content (AvgIpc) is 3.55. The summed E-state index contributed by atoms with van der Waals surface area (Å²) in [4.78, 5) is 69.4. The molecule has 49 heavy (non-hydrogen) atoms. The van der Waals surface area contributed by atoms with Gasteiger partial charge in [-0.15, -0.1) is 0 Å². The summed E-state index contributed by atoms with van der Waals surface area (Å²) in [5.74, 6) is -2.79. The van der Waals surface area contributed by atoms with Gasteiger partial charge in [0.05, 0.1) is 21.6 Å². The number of non-ortho nitro benzene ring substituents is 1. The standard InChI is InChI=1S/C36H31N5O6S2/c1-3-38(4-2)25-13-10-22(11-14-25)29-30-31(34(44)40(33(30)43)26-15-17-27(18-16-26)41(46)47)48-35-32(29)49-36(45)39(35)20-28(42)37-24-12-9-21-7-5-6-8-23(21)19-24/h5-19,29-31H,3-4,20H2,1-2H3,(H,37,42). The predicted molar refractivity (Wildman–Crippen MR) is 192 cm³/mol. The Morgan fingerprint density at radius 1 is 0.898 bits per heavy atom. The molecule has 3 atom stereocenters. The van der Waals surface area contributed by atoms with Gasteiger partial charge in [0.25, 0.3) is 5.69 Å². The molecule has 13 heteroatoms. The molecule has 0 bridgehead atoms. The quantitative estimate of drug-likeness (QED) is 0.109. The number of nitro benzene ring substituents is 1. The summed E-state index contributed by atoms with van der Waals surface area (Å²) in [6.45, 7) is 5.49. The predicted octanol–water partition coefficient (Wildman–Crippen LogP) is 6.25. The number of imide groups is 1. The Kier molecular flexibility index (Phi) is 8.55. The lowest BCUT2D eigenvalue weighted by Gasteiger charge is -2.31. The van der Waals surface area contributed by atoms with E-state index in [1.807, 2.05) is 60.7 Å². The molecule has 2 aliphatic heterocycles. The summed E-state index contributed by atoms with van der Waals surface area (Å²) in [6, 6.07) is 26.5. The maximum Gasteiger partial charge on any atom is 0.308 e. The van der Waals surface area contributed by atoms with Gasteiger partial charge in [0.1, 0.15) is 11.8 Å². The van der Waals surface area contributed by atoms with Crippen LogP contribution in [-0.2, 0) is 20.9 Å². The summed E-state index contributed by atoms with van der Waals surface area (Å²) in [5.41, 5.74) is 2.45. The zero-order chi connectivity index (χ0) is 34.4. The Bertz CT molecular complexity index is 2180. The third kappa shape index (κ3) is 5.78. The number of benzene rings is 4. The molecule has 0 saturated carbocycles. The van der Waals surface area contributed by atoms with Crippen LogP contribution in [0.25, 0.3) is 10.8 Å². The van der Waals surface area contributed by atoms with Crippen molar-refractivity contribution in [3.8, 4) is 0 Å². The van der Waals surface area contributed by atoms with Crippen LogP contribution in [0.1, 0.15) is 30.2 Å². The van der Waals surface area contributed by atoms with Gasteiger partial charge < -0.3 is 10.2 Å². The van der Waals surface area contributed by atoms with E-state index in [4.69, 9.17) is 0 Å². The molecule has 3 amide bonds. The summed E-state index contributed by atoms with van der Waals surface area (Å²) in [7, 11) is 0. The molecule has 1 aromatic heterocycles. The lowest BCUT2D eigenvalue weighted by Crippen LogP contribution is -2.33. The van der Waals surface area contributed by atoms with E-state index in [0.29, 0.717) is 15.6 Å². The second-order valence-corrected chi connectivity index (χ2v) is 13.9. The highest BCUT2D eigenvalue weighted by molar-refractivity contribution is 8.00. The first-order valence-corrected chi connectivity index (χ1v) is 17.5. The van der Waals surface area contributed by atoms with Gasteiger partial charge in [-0.25, -0.2) is 4.90 Å². The molecule has 1 fully saturated rings. The van der Waals surface area contributed by atoms with Gasteiger partial charge in [-0.1, -0.05) is 65.6 Å². The van der Waals surface area contributed by atoms with Crippen LogP contribution in [0.15, 0.2) is 101 Å². The number of fused-ring (bicyclic) bond motifs is 3. The minimum absolute atomic E-state index is 0.158. The second-order valence-electron chi connectivity index (χ2n) is 11.8. The van der Waals surface area contributed by atoms with E-state index in [-0.39, 0.29) is 22.8 Å². The van der Waals surface area contributed by atoms with Crippen LogP contribution in [0.4, 0.5) is 22.7 Å². The summed E-state index contributed by atoms with van der Waals surface area (Å²) < 4.78 is 1.39. The second kappa shape index (κ2) is 13.0. The maximum absolute atomic E-state index is 14.2. The molecule has 5 aromatic rings. The van der Waals surface area contributed by atoms with Crippen molar-refractivity contribution >= 4 is 74.3 Å². The fourth-order valence-corrected chi connectivity index (χ4v) is 9.46. The minimum Gasteiger partial charge on any atom is -0.372 e. The van der Waals surface area contributed by atoms with Crippen molar-refractivity contribution in [1.82, 2.24) is 4.57 Å². The highest BCUT2D eigenvalue weighted by atomic mass is 32.2. The van der Waals surface area contributed by atoms with E-state index < -0.39 is 39.7 Å². The number of nitro groups is 1. The highest BCUT2D eigenvalue weighted by Gasteiger charge is 2.56. The average molecular weight is 694 g/mol. The third-order valence-corrected chi connectivity index (χ3v) is 11.7. The third-order valence-electron chi connectivity index (χ3n) is 9.08. The summed E-state index contributed by atoms with van der Waals surface area (Å²) in [6.07, 6.45) is 0. The van der Waals surface area contributed by atoms with E-state index in [9.17, 15) is 29.3 Å². The lowest BCUT2D eigenvalue weighted by molar-refractivity contribution is -0.384. The van der Waals surface area contributed by atoms with E-state index in [2.05, 4.69) is 24.1 Å². The number of carbonyl (C=O) groups is 3. The van der Waals surface area contributed by atoms with Crippen LogP contribution >= 0.6 is 23.1 Å². The largest absolute Gasteiger partial charge is 0.372 e. The van der Waals surface area contributed by atoms with Gasteiger partial charge in [0, 0.05) is 47.4 Å². The van der Waals surface area contributed by atoms with Crippen molar-refractivity contribution in [2.45, 2.75) is 36.6 Å². The van der Waals surface area contributed by atoms with Crippen molar-refractivity contribution in [2.24, 2.45) is 5.92 Å². The SMILES string of the molecule is CCN(CC)c1ccc(C2c3sc(=O)n(CC(=O)Nc4ccc5ccccc5c4)c3SC3C(=O)N(c4ccc([N+](=O)[O-])cc4)C(=O)C32)cc1. The van der Waals surface area contributed by atoms with Crippen LogP contribution in [-0.4, -0.2) is 45.6 Å². The normalized spacial score (nSPS) is 18.3. The molecule has 1 saturated heterocycles. The Morgan fingerprint density at radius 2 is 1.59 bits per heavy atom. The fourth-order valence-electron chi connectivity index (χ4n) is 6.68. The van der Waals surface area contributed by atoms with Gasteiger partial charge in [0.2, 0.25) is 17.7 Å². The van der Waals surface area contributed by atoms with E-state index in [0.717, 1.165) is 63.1 Å². The van der Waals surface area contributed by atoms with Gasteiger partial charge in [-0.2, -0.15) is 0 Å². The number of aromatic nitrogens is 1. The van der Waals surface area contributed by atoms with Gasteiger partial charge >= 0.3 is 4.87 Å². The smallest absolute Gasteiger partial charge is 0.308 e. The number of nitrogens with zero attached hydrogens (tertiary/aromatic N) is 4. The molecule has 0 aliphatic carbocycles. The fraction of sp³-hybridized carbons (Fsp3) is 0.222. The summed E-state index contributed by atoms with van der Waals surface area (Å²) >= 11 is 2.11. The van der Waals surface area contributed by atoms with Crippen LogP contribution in [0.3, 0.4) is 0 Å². The number of thioether (sulfide) groups is 1. The highest BCUT2D eigenvalue weighted by Crippen LogP contribution is 2.54. The number of hydrogen-bond acceptors (Lipinski definition) is 9. The maximum atomic E-state index is 14.2. The van der Waals surface area contributed by atoms with E-state index >= 15 is 0 Å². The number of carbonyl (C=O) groups excluding carboxylic acids is 3. The summed E-state index contributed by atoms with van der Waals surface area (Å²) in [5, 5.41) is 15.7. The molecule has 3 unspecified atom stereocenters. The zero-order valence-corrected chi connectivity index (χ0v) is 28.2. The number of amides is 3. The first kappa shape index (κ1) is 32.3. The number of hydrogen-bond donors (Lipinski definition) is 1. The molecule has 0 spiro atoms. The van der Waals surface area contributed by atoms with E-state index in [1.165, 1.54) is 28.8 Å². The lowest BCUT2D eigenvalue weighted by atomic mass is 9.83. The Labute approximate surface area is 289 Å². The van der Waals surface area contributed by atoms with Crippen molar-refractivity contribution in [3.05, 3.63) is 121 Å². The van der Waals surface area contributed by atoms with Crippen LogP contribution in [0.2, 0.25) is 0 Å². The Balaban J connectivity index is 1.26. The molecule has 2 aliphatic rings. The Hall–Kier alpha value is -5.27. The molecule has 1 N–H and O–H groups in total. The van der Waals surface area contributed by atoms with Gasteiger partial charge in [-0.05, 0) is 66.6 Å². The first-order valence-electron chi connectivity index (χ1n) is 15.8. The van der Waals surface area contributed by atoms with E-state index in [1.54, 1.807) is 6.07 Å². The molecule has 7 rings (SSSR count). The van der Waals surface area contributed by atoms with Gasteiger partial charge in [-0.3, -0.25) is 33.9 Å². The molecule has 3 heterocycles. The molecular formula is C36H31N5O6S2. The zero-order valence-electron chi connectivity index (χ0n) is 26.6. The van der Waals surface area contributed by atoms with Crippen LogP contribution in [0, 0.1) is 16.0 Å². The minimum atomic E-state index is -0.883. The number of nitrogens with one attached hydrogen (secondary N) is 1. The molecule has 0 radical (unpaired) electrons. The topological polar surface area (TPSA) is 135 Å². The molecule has 11 nitrogen and oxygen atoms in total. The van der Waals surface area contributed by atoms with Crippen molar-refractivity contribution in [3.63, 3.8) is 0 Å². The monoisotopic (exact) mass is 693 g/mol. The molecule has 248 valence electrons. The van der Waals surface area contributed by atoms with Crippen LogP contribution in [0.5, 0.6) is 0 Å². The number of rotatable bonds is 9. The molecule has 4 aromatic carbocycles. The first-order chi connectivity index (χ1) is 23.7. The Morgan fingerprint density at radius 3 is 2.27 bits per heavy atom. The van der Waals surface area contributed by atoms with Crippen molar-refractivity contribution in [1.29, 1.82) is 0 Å². The van der Waals surface area contributed by atoms with Gasteiger partial charge in [0.15, 0.2) is 0 Å². The van der Waals surface area contributed by atoms with Crippen molar-refractivity contribution in [2.75, 3.05) is 28.2 Å². The number of anilines is 3. The number of thiazole rings is 1. The van der Waals surface area contributed by atoms with Crippen LogP contribution < -0.4 is 20.0 Å². The van der Waals surface area contributed by atoms with Crippen molar-refractivity contribution < 1.29 is 19.3 Å².